The third-order valence-electron chi connectivity index (χ3n) is 4.72. The summed E-state index contributed by atoms with van der Waals surface area (Å²) in [5.41, 5.74) is -0.147. The number of rotatable bonds is 2. The lowest BCUT2D eigenvalue weighted by Crippen LogP contribution is -2.43. The average molecular weight is 376 g/mol. The molecule has 8 nitrogen and oxygen atoms in total. The maximum atomic E-state index is 12.3. The van der Waals surface area contributed by atoms with Gasteiger partial charge in [-0.15, -0.1) is 0 Å². The van der Waals surface area contributed by atoms with E-state index < -0.39 is 17.2 Å². The van der Waals surface area contributed by atoms with Gasteiger partial charge in [-0.3, -0.25) is 9.88 Å². The highest BCUT2D eigenvalue weighted by Crippen LogP contribution is 2.30. The summed E-state index contributed by atoms with van der Waals surface area (Å²) < 4.78 is 10.6. The van der Waals surface area contributed by atoms with Crippen LogP contribution in [0.4, 0.5) is 15.4 Å². The van der Waals surface area contributed by atoms with Crippen molar-refractivity contribution in [3.63, 3.8) is 0 Å². The van der Waals surface area contributed by atoms with Crippen LogP contribution in [0.5, 0.6) is 0 Å². The summed E-state index contributed by atoms with van der Waals surface area (Å²) in [6.07, 6.45) is 4.42. The predicted molar refractivity (Wildman–Crippen MR) is 99.7 cm³/mol. The van der Waals surface area contributed by atoms with Gasteiger partial charge in [0.25, 0.3) is 0 Å². The molecule has 3 rings (SSSR count). The first kappa shape index (κ1) is 19.4. The summed E-state index contributed by atoms with van der Waals surface area (Å²) in [4.78, 5) is 36.5. The first-order chi connectivity index (χ1) is 12.6. The van der Waals surface area contributed by atoms with Gasteiger partial charge in [0.1, 0.15) is 12.2 Å². The lowest BCUT2D eigenvalue weighted by Gasteiger charge is -2.34. The zero-order valence-electron chi connectivity index (χ0n) is 16.7. The van der Waals surface area contributed by atoms with Crippen LogP contribution in [0.1, 0.15) is 59.1 Å². The Bertz CT molecular complexity index is 711. The Morgan fingerprint density at radius 1 is 1.30 bits per heavy atom. The molecule has 2 aliphatic rings. The van der Waals surface area contributed by atoms with Gasteiger partial charge in [0.2, 0.25) is 0 Å². The first-order valence-corrected chi connectivity index (χ1v) is 9.34. The van der Waals surface area contributed by atoms with Crippen molar-refractivity contribution in [2.24, 2.45) is 0 Å². The predicted octanol–water partition coefficient (Wildman–Crippen LogP) is 3.33. The van der Waals surface area contributed by atoms with Gasteiger partial charge in [0.05, 0.1) is 23.6 Å². The Kier molecular flexibility index (Phi) is 5.01. The smallest absolute Gasteiger partial charge is 0.416 e. The molecule has 2 saturated heterocycles. The van der Waals surface area contributed by atoms with Crippen LogP contribution >= 0.6 is 0 Å². The van der Waals surface area contributed by atoms with Crippen LogP contribution in [-0.4, -0.2) is 57.9 Å². The third kappa shape index (κ3) is 4.31. The van der Waals surface area contributed by atoms with Crippen LogP contribution in [-0.2, 0) is 9.47 Å². The van der Waals surface area contributed by atoms with Crippen molar-refractivity contribution in [1.29, 1.82) is 0 Å². The Balaban J connectivity index is 1.70. The van der Waals surface area contributed by atoms with Crippen molar-refractivity contribution in [1.82, 2.24) is 14.9 Å². The second-order valence-corrected chi connectivity index (χ2v) is 8.77. The molecule has 1 aromatic heterocycles. The monoisotopic (exact) mass is 376 g/mol. The number of ether oxygens (including phenoxy) is 2. The second-order valence-electron chi connectivity index (χ2n) is 8.77. The van der Waals surface area contributed by atoms with E-state index in [9.17, 15) is 9.59 Å². The number of piperidine rings is 1. The largest absolute Gasteiger partial charge is 0.447 e. The van der Waals surface area contributed by atoms with Gasteiger partial charge in [-0.05, 0) is 47.5 Å². The van der Waals surface area contributed by atoms with Crippen molar-refractivity contribution in [2.75, 3.05) is 24.6 Å². The van der Waals surface area contributed by atoms with Crippen LogP contribution in [0, 0.1) is 0 Å². The van der Waals surface area contributed by atoms with E-state index in [0.29, 0.717) is 25.5 Å². The SMILES string of the molecule is CC(C)(C)OC(=O)N1CCCC(c2cnc(N3C(=O)OCC3(C)C)cn2)C1. The fourth-order valence-corrected chi connectivity index (χ4v) is 3.39. The van der Waals surface area contributed by atoms with Crippen molar-refractivity contribution in [2.45, 2.75) is 64.5 Å². The molecule has 2 amide bonds. The quantitative estimate of drug-likeness (QED) is 0.787. The van der Waals surface area contributed by atoms with Gasteiger partial charge < -0.3 is 14.4 Å². The lowest BCUT2D eigenvalue weighted by atomic mass is 9.95. The molecule has 0 bridgehead atoms. The summed E-state index contributed by atoms with van der Waals surface area (Å²) >= 11 is 0. The highest BCUT2D eigenvalue weighted by molar-refractivity contribution is 5.89. The van der Waals surface area contributed by atoms with E-state index in [4.69, 9.17) is 9.47 Å². The zero-order valence-corrected chi connectivity index (χ0v) is 16.7. The molecule has 0 radical (unpaired) electrons. The molecule has 2 fully saturated rings. The van der Waals surface area contributed by atoms with Crippen molar-refractivity contribution in [3.8, 4) is 0 Å². The fraction of sp³-hybridized carbons (Fsp3) is 0.684. The lowest BCUT2D eigenvalue weighted by molar-refractivity contribution is 0.0197. The zero-order chi connectivity index (χ0) is 19.8. The van der Waals surface area contributed by atoms with Gasteiger partial charge in [0, 0.05) is 19.0 Å². The molecular formula is C19H28N4O4. The molecule has 1 atom stereocenters. The number of carbonyl (C=O) groups is 2. The van der Waals surface area contributed by atoms with Crippen LogP contribution in [0.3, 0.4) is 0 Å². The summed E-state index contributed by atoms with van der Waals surface area (Å²) in [5, 5.41) is 0. The van der Waals surface area contributed by atoms with E-state index in [0.717, 1.165) is 18.5 Å². The van der Waals surface area contributed by atoms with Gasteiger partial charge in [-0.1, -0.05) is 0 Å². The molecule has 0 spiro atoms. The average Bonchev–Trinajstić information content (AvgIpc) is 2.86. The van der Waals surface area contributed by atoms with Gasteiger partial charge >= 0.3 is 12.2 Å². The minimum atomic E-state index is -0.511. The van der Waals surface area contributed by atoms with Crippen molar-refractivity contribution >= 4 is 18.0 Å². The summed E-state index contributed by atoms with van der Waals surface area (Å²) in [6.45, 7) is 11.0. The molecule has 8 heteroatoms. The van der Waals surface area contributed by atoms with Crippen molar-refractivity contribution < 1.29 is 19.1 Å². The van der Waals surface area contributed by atoms with E-state index in [-0.39, 0.29) is 12.0 Å². The first-order valence-electron chi connectivity index (χ1n) is 9.34. The number of cyclic esters (lactones) is 1. The van der Waals surface area contributed by atoms with Gasteiger partial charge in [0.15, 0.2) is 5.82 Å². The molecule has 0 aliphatic carbocycles. The molecule has 2 aliphatic heterocycles. The Hall–Kier alpha value is -2.38. The molecular weight excluding hydrogens is 348 g/mol. The molecule has 148 valence electrons. The second kappa shape index (κ2) is 6.98. The minimum absolute atomic E-state index is 0.103. The van der Waals surface area contributed by atoms with E-state index in [1.54, 1.807) is 17.3 Å². The number of likely N-dealkylation sites (tertiary alicyclic amines) is 1. The number of amides is 2. The molecule has 0 N–H and O–H groups in total. The van der Waals surface area contributed by atoms with Crippen LogP contribution in [0.25, 0.3) is 0 Å². The Labute approximate surface area is 159 Å². The number of hydrogen-bond acceptors (Lipinski definition) is 6. The van der Waals surface area contributed by atoms with E-state index in [1.165, 1.54) is 4.90 Å². The standard InChI is InChI=1S/C19H28N4O4/c1-18(2,3)27-16(24)22-8-6-7-13(11-22)14-9-21-15(10-20-14)23-17(25)26-12-19(23,4)5/h9-10,13H,6-8,11-12H2,1-5H3. The number of carbonyl (C=O) groups excluding carboxylic acids is 2. The minimum Gasteiger partial charge on any atom is -0.447 e. The van der Waals surface area contributed by atoms with Crippen LogP contribution in [0.2, 0.25) is 0 Å². The molecule has 3 heterocycles. The number of nitrogens with zero attached hydrogens (tertiary/aromatic N) is 4. The van der Waals surface area contributed by atoms with Crippen LogP contribution in [0.15, 0.2) is 12.4 Å². The number of anilines is 1. The highest BCUT2D eigenvalue weighted by Gasteiger charge is 2.42. The molecule has 1 unspecified atom stereocenters. The Morgan fingerprint density at radius 2 is 2.04 bits per heavy atom. The number of aromatic nitrogens is 2. The Morgan fingerprint density at radius 3 is 2.59 bits per heavy atom. The highest BCUT2D eigenvalue weighted by atomic mass is 16.6. The topological polar surface area (TPSA) is 84.9 Å². The summed E-state index contributed by atoms with van der Waals surface area (Å²) in [7, 11) is 0. The fourth-order valence-electron chi connectivity index (χ4n) is 3.39. The van der Waals surface area contributed by atoms with E-state index in [2.05, 4.69) is 9.97 Å². The van der Waals surface area contributed by atoms with Crippen molar-refractivity contribution in [3.05, 3.63) is 18.1 Å². The van der Waals surface area contributed by atoms with Crippen LogP contribution < -0.4 is 4.90 Å². The van der Waals surface area contributed by atoms with Gasteiger partial charge in [-0.2, -0.15) is 0 Å². The molecule has 27 heavy (non-hydrogen) atoms. The maximum Gasteiger partial charge on any atom is 0.416 e. The molecule has 0 saturated carbocycles. The summed E-state index contributed by atoms with van der Waals surface area (Å²) in [5.74, 6) is 0.581. The van der Waals surface area contributed by atoms with Gasteiger partial charge in [-0.25, -0.2) is 14.6 Å². The third-order valence-corrected chi connectivity index (χ3v) is 4.72. The van der Waals surface area contributed by atoms with E-state index in [1.807, 2.05) is 34.6 Å². The van der Waals surface area contributed by atoms with E-state index >= 15 is 0 Å². The molecule has 1 aromatic rings. The molecule has 0 aromatic carbocycles. The number of hydrogen-bond donors (Lipinski definition) is 0. The maximum absolute atomic E-state index is 12.3. The summed E-state index contributed by atoms with van der Waals surface area (Å²) in [6, 6.07) is 0. The normalized spacial score (nSPS) is 22.6.